The minimum Gasteiger partial charge on any atom is -0.508 e. The third-order valence-electron chi connectivity index (χ3n) is 5.51. The first-order chi connectivity index (χ1) is 12.5. The van der Waals surface area contributed by atoms with E-state index >= 15 is 0 Å². The first kappa shape index (κ1) is 16.6. The van der Waals surface area contributed by atoms with Crippen LogP contribution in [0.4, 0.5) is 10.1 Å². The van der Waals surface area contributed by atoms with Crippen LogP contribution in [0.15, 0.2) is 66.7 Å². The Bertz CT molecular complexity index is 933. The van der Waals surface area contributed by atoms with Gasteiger partial charge < -0.3 is 10.0 Å². The molecule has 3 heteroatoms. The zero-order valence-electron chi connectivity index (χ0n) is 15.0. The number of phenols is 1. The Morgan fingerprint density at radius 2 is 1.65 bits per heavy atom. The molecule has 0 spiro atoms. The van der Waals surface area contributed by atoms with Gasteiger partial charge in [0.05, 0.1) is 5.54 Å². The lowest BCUT2D eigenvalue weighted by Crippen LogP contribution is -2.49. The molecular formula is C23H22FNO. The molecule has 1 heterocycles. The van der Waals surface area contributed by atoms with E-state index in [1.807, 2.05) is 24.3 Å². The number of halogens is 1. The van der Waals surface area contributed by atoms with Crippen LogP contribution in [0.5, 0.6) is 5.75 Å². The standard InChI is InChI=1S/C23H22FNO/c1-16-3-5-18(6-4-16)23(2)22-12-11-21(26)15-17(22)13-14-25(23)20-9-7-19(24)8-10-20/h3-12,15,26H,13-14H2,1-2H3. The molecule has 0 aromatic heterocycles. The van der Waals surface area contributed by atoms with Crippen molar-refractivity contribution in [3.8, 4) is 5.75 Å². The average molecular weight is 347 g/mol. The van der Waals surface area contributed by atoms with Crippen molar-refractivity contribution >= 4 is 5.69 Å². The van der Waals surface area contributed by atoms with Gasteiger partial charge >= 0.3 is 0 Å². The Kier molecular flexibility index (Phi) is 3.95. The minimum absolute atomic E-state index is 0.229. The van der Waals surface area contributed by atoms with Crippen molar-refractivity contribution in [1.82, 2.24) is 0 Å². The Morgan fingerprint density at radius 3 is 2.35 bits per heavy atom. The van der Waals surface area contributed by atoms with E-state index in [1.54, 1.807) is 6.07 Å². The lowest BCUT2D eigenvalue weighted by atomic mass is 9.76. The molecule has 3 aromatic carbocycles. The van der Waals surface area contributed by atoms with E-state index in [0.29, 0.717) is 5.75 Å². The highest BCUT2D eigenvalue weighted by Crippen LogP contribution is 2.44. The van der Waals surface area contributed by atoms with Crippen molar-refractivity contribution < 1.29 is 9.50 Å². The molecule has 0 amide bonds. The van der Waals surface area contributed by atoms with Crippen molar-refractivity contribution in [2.24, 2.45) is 0 Å². The maximum Gasteiger partial charge on any atom is 0.123 e. The van der Waals surface area contributed by atoms with Crippen molar-refractivity contribution in [1.29, 1.82) is 0 Å². The smallest absolute Gasteiger partial charge is 0.123 e. The van der Waals surface area contributed by atoms with Crippen LogP contribution >= 0.6 is 0 Å². The predicted molar refractivity (Wildman–Crippen MR) is 103 cm³/mol. The predicted octanol–water partition coefficient (Wildman–Crippen LogP) is 5.17. The molecule has 4 rings (SSSR count). The molecular weight excluding hydrogens is 325 g/mol. The summed E-state index contributed by atoms with van der Waals surface area (Å²) in [6.45, 7) is 5.08. The van der Waals surface area contributed by atoms with E-state index in [9.17, 15) is 9.50 Å². The molecule has 26 heavy (non-hydrogen) atoms. The molecule has 0 bridgehead atoms. The van der Waals surface area contributed by atoms with Gasteiger partial charge in [0.15, 0.2) is 0 Å². The monoisotopic (exact) mass is 347 g/mol. The molecule has 132 valence electrons. The van der Waals surface area contributed by atoms with Crippen molar-refractivity contribution in [2.45, 2.75) is 25.8 Å². The number of fused-ring (bicyclic) bond motifs is 1. The van der Waals surface area contributed by atoms with Gasteiger partial charge in [-0.15, -0.1) is 0 Å². The van der Waals surface area contributed by atoms with Gasteiger partial charge in [-0.2, -0.15) is 0 Å². The third kappa shape index (κ3) is 2.64. The summed E-state index contributed by atoms with van der Waals surface area (Å²) < 4.78 is 13.5. The van der Waals surface area contributed by atoms with Crippen LogP contribution in [-0.2, 0) is 12.0 Å². The number of benzene rings is 3. The Labute approximate surface area is 153 Å². The van der Waals surface area contributed by atoms with Gasteiger partial charge in [0, 0.05) is 12.2 Å². The summed E-state index contributed by atoms with van der Waals surface area (Å²) in [5.41, 5.74) is 5.33. The summed E-state index contributed by atoms with van der Waals surface area (Å²) in [7, 11) is 0. The van der Waals surface area contributed by atoms with Crippen LogP contribution in [0.25, 0.3) is 0 Å². The lowest BCUT2D eigenvalue weighted by molar-refractivity contribution is 0.463. The number of phenolic OH excluding ortho intramolecular Hbond substituents is 1. The van der Waals surface area contributed by atoms with Crippen LogP contribution in [-0.4, -0.2) is 11.7 Å². The van der Waals surface area contributed by atoms with Gasteiger partial charge in [0.25, 0.3) is 0 Å². The highest BCUT2D eigenvalue weighted by molar-refractivity contribution is 5.60. The SMILES string of the molecule is Cc1ccc(C2(C)c3ccc(O)cc3CCN2c2ccc(F)cc2)cc1. The van der Waals surface area contributed by atoms with Crippen molar-refractivity contribution in [2.75, 3.05) is 11.4 Å². The Hall–Kier alpha value is -2.81. The zero-order chi connectivity index (χ0) is 18.3. The van der Waals surface area contributed by atoms with E-state index < -0.39 is 5.54 Å². The second-order valence-electron chi connectivity index (χ2n) is 7.16. The number of aryl methyl sites for hydroxylation is 1. The van der Waals surface area contributed by atoms with E-state index in [1.165, 1.54) is 28.8 Å². The number of nitrogens with zero attached hydrogens (tertiary/aromatic N) is 1. The second-order valence-corrected chi connectivity index (χ2v) is 7.16. The fraction of sp³-hybridized carbons (Fsp3) is 0.217. The van der Waals surface area contributed by atoms with Gasteiger partial charge in [-0.3, -0.25) is 0 Å². The lowest BCUT2D eigenvalue weighted by Gasteiger charge is -2.48. The maximum atomic E-state index is 13.5. The maximum absolute atomic E-state index is 13.5. The van der Waals surface area contributed by atoms with E-state index in [2.05, 4.69) is 43.0 Å². The Balaban J connectivity index is 1.92. The summed E-state index contributed by atoms with van der Waals surface area (Å²) in [5, 5.41) is 9.92. The molecule has 2 nitrogen and oxygen atoms in total. The highest BCUT2D eigenvalue weighted by atomic mass is 19.1. The van der Waals surface area contributed by atoms with Gasteiger partial charge in [-0.05, 0) is 73.4 Å². The second kappa shape index (κ2) is 6.17. The van der Waals surface area contributed by atoms with Crippen LogP contribution in [0.3, 0.4) is 0 Å². The molecule has 1 atom stereocenters. The molecule has 0 radical (unpaired) electrons. The highest BCUT2D eigenvalue weighted by Gasteiger charge is 2.40. The molecule has 1 N–H and O–H groups in total. The van der Waals surface area contributed by atoms with Gasteiger partial charge in [0.2, 0.25) is 0 Å². The molecule has 0 saturated carbocycles. The van der Waals surface area contributed by atoms with E-state index in [0.717, 1.165) is 24.2 Å². The molecule has 0 aliphatic carbocycles. The summed E-state index contributed by atoms with van der Waals surface area (Å²) >= 11 is 0. The van der Waals surface area contributed by atoms with Crippen LogP contribution in [0.2, 0.25) is 0 Å². The normalized spacial score (nSPS) is 19.3. The van der Waals surface area contributed by atoms with Gasteiger partial charge in [-0.25, -0.2) is 4.39 Å². The molecule has 1 aliphatic heterocycles. The van der Waals surface area contributed by atoms with Gasteiger partial charge in [-0.1, -0.05) is 35.9 Å². The van der Waals surface area contributed by atoms with E-state index in [-0.39, 0.29) is 5.82 Å². The number of aromatic hydroxyl groups is 1. The van der Waals surface area contributed by atoms with Crippen LogP contribution in [0, 0.1) is 12.7 Å². The number of rotatable bonds is 2. The van der Waals surface area contributed by atoms with E-state index in [4.69, 9.17) is 0 Å². The van der Waals surface area contributed by atoms with Crippen molar-refractivity contribution in [3.63, 3.8) is 0 Å². The molecule has 3 aromatic rings. The zero-order valence-corrected chi connectivity index (χ0v) is 15.0. The molecule has 1 unspecified atom stereocenters. The average Bonchev–Trinajstić information content (AvgIpc) is 2.63. The number of hydrogen-bond acceptors (Lipinski definition) is 2. The fourth-order valence-electron chi connectivity index (χ4n) is 4.06. The summed E-state index contributed by atoms with van der Waals surface area (Å²) in [5.74, 6) is 0.0679. The summed E-state index contributed by atoms with van der Waals surface area (Å²) in [4.78, 5) is 2.33. The Morgan fingerprint density at radius 1 is 0.962 bits per heavy atom. The quantitative estimate of drug-likeness (QED) is 0.692. The largest absolute Gasteiger partial charge is 0.508 e. The first-order valence-corrected chi connectivity index (χ1v) is 8.91. The third-order valence-corrected chi connectivity index (χ3v) is 5.51. The summed E-state index contributed by atoms with van der Waals surface area (Å²) in [6, 6.07) is 20.9. The van der Waals surface area contributed by atoms with Gasteiger partial charge in [0.1, 0.15) is 11.6 Å². The minimum atomic E-state index is -0.396. The first-order valence-electron chi connectivity index (χ1n) is 8.91. The fourth-order valence-corrected chi connectivity index (χ4v) is 4.06. The van der Waals surface area contributed by atoms with Crippen molar-refractivity contribution in [3.05, 3.63) is 94.8 Å². The summed E-state index contributed by atoms with van der Waals surface area (Å²) in [6.07, 6.45) is 0.836. The molecule has 0 fully saturated rings. The topological polar surface area (TPSA) is 23.5 Å². The number of anilines is 1. The molecule has 1 aliphatic rings. The number of hydrogen-bond donors (Lipinski definition) is 1. The van der Waals surface area contributed by atoms with Crippen LogP contribution in [0.1, 0.15) is 29.2 Å². The van der Waals surface area contributed by atoms with Crippen LogP contribution < -0.4 is 4.90 Å². The molecule has 0 saturated heterocycles.